The van der Waals surface area contributed by atoms with Gasteiger partial charge in [-0.1, -0.05) is 11.6 Å². The quantitative estimate of drug-likeness (QED) is 0.841. The summed E-state index contributed by atoms with van der Waals surface area (Å²) in [5.41, 5.74) is 2.05. The van der Waals surface area contributed by atoms with Crippen molar-refractivity contribution in [2.75, 3.05) is 5.32 Å². The standard InChI is InChI=1S/C11H10ClN3O/c1-7-6-8(2-3-9(7)12)14-11(16)10-4-5-13-15-10/h2-6H,1H3,(H,13,15)(H,14,16). The third-order valence-electron chi connectivity index (χ3n) is 2.16. The second-order valence-corrected chi connectivity index (χ2v) is 3.80. The molecule has 2 aromatic rings. The molecule has 1 amide bonds. The van der Waals surface area contributed by atoms with Gasteiger partial charge < -0.3 is 5.32 Å². The van der Waals surface area contributed by atoms with E-state index in [9.17, 15) is 4.79 Å². The molecule has 0 fully saturated rings. The maximum absolute atomic E-state index is 11.7. The molecule has 82 valence electrons. The third-order valence-corrected chi connectivity index (χ3v) is 2.59. The van der Waals surface area contributed by atoms with E-state index in [2.05, 4.69) is 15.5 Å². The smallest absolute Gasteiger partial charge is 0.273 e. The Morgan fingerprint density at radius 1 is 1.44 bits per heavy atom. The maximum atomic E-state index is 11.7. The first-order valence-corrected chi connectivity index (χ1v) is 5.11. The van der Waals surface area contributed by atoms with Crippen LogP contribution in [0.2, 0.25) is 5.02 Å². The minimum atomic E-state index is -0.223. The predicted octanol–water partition coefficient (Wildman–Crippen LogP) is 2.62. The normalized spacial score (nSPS) is 10.1. The first-order chi connectivity index (χ1) is 7.66. The molecule has 0 aliphatic rings. The third kappa shape index (κ3) is 2.23. The van der Waals surface area contributed by atoms with Gasteiger partial charge in [0, 0.05) is 16.9 Å². The van der Waals surface area contributed by atoms with E-state index in [-0.39, 0.29) is 5.91 Å². The van der Waals surface area contributed by atoms with Crippen LogP contribution in [0.25, 0.3) is 0 Å². The van der Waals surface area contributed by atoms with E-state index >= 15 is 0 Å². The zero-order chi connectivity index (χ0) is 11.5. The predicted molar refractivity (Wildman–Crippen MR) is 62.7 cm³/mol. The Hall–Kier alpha value is -1.81. The largest absolute Gasteiger partial charge is 0.321 e. The number of H-pyrrole nitrogens is 1. The molecule has 4 nitrogen and oxygen atoms in total. The first kappa shape index (κ1) is 10.7. The Bertz CT molecular complexity index is 508. The summed E-state index contributed by atoms with van der Waals surface area (Å²) in [5, 5.41) is 9.73. The van der Waals surface area contributed by atoms with Gasteiger partial charge in [0.05, 0.1) is 0 Å². The van der Waals surface area contributed by atoms with Crippen LogP contribution in [-0.4, -0.2) is 16.1 Å². The summed E-state index contributed by atoms with van der Waals surface area (Å²) in [4.78, 5) is 11.7. The topological polar surface area (TPSA) is 57.8 Å². The molecule has 0 spiro atoms. The SMILES string of the molecule is Cc1cc(NC(=O)c2ccn[nH]2)ccc1Cl. The number of benzene rings is 1. The molecule has 0 radical (unpaired) electrons. The number of nitrogens with zero attached hydrogens (tertiary/aromatic N) is 1. The van der Waals surface area contributed by atoms with Gasteiger partial charge in [0.15, 0.2) is 0 Å². The fourth-order valence-corrected chi connectivity index (χ4v) is 1.42. The number of anilines is 1. The van der Waals surface area contributed by atoms with Crippen molar-refractivity contribution in [1.82, 2.24) is 10.2 Å². The van der Waals surface area contributed by atoms with Crippen molar-refractivity contribution in [2.45, 2.75) is 6.92 Å². The number of aromatic nitrogens is 2. The van der Waals surface area contributed by atoms with Crippen molar-refractivity contribution in [3.8, 4) is 0 Å². The summed E-state index contributed by atoms with van der Waals surface area (Å²) in [6, 6.07) is 6.93. The number of nitrogens with one attached hydrogen (secondary N) is 2. The average Bonchev–Trinajstić information content (AvgIpc) is 2.77. The molecule has 0 atom stereocenters. The summed E-state index contributed by atoms with van der Waals surface area (Å²) in [5.74, 6) is -0.223. The van der Waals surface area contributed by atoms with Crippen molar-refractivity contribution >= 4 is 23.2 Å². The molecule has 1 heterocycles. The van der Waals surface area contributed by atoms with Crippen LogP contribution in [0.1, 0.15) is 16.1 Å². The molecule has 1 aromatic carbocycles. The minimum Gasteiger partial charge on any atom is -0.321 e. The van der Waals surface area contributed by atoms with Gasteiger partial charge >= 0.3 is 0 Å². The Morgan fingerprint density at radius 3 is 2.88 bits per heavy atom. The van der Waals surface area contributed by atoms with Crippen LogP contribution >= 0.6 is 11.6 Å². The van der Waals surface area contributed by atoms with Gasteiger partial charge in [-0.2, -0.15) is 5.10 Å². The van der Waals surface area contributed by atoms with Crippen LogP contribution in [0.4, 0.5) is 5.69 Å². The number of hydrogen-bond acceptors (Lipinski definition) is 2. The zero-order valence-electron chi connectivity index (χ0n) is 8.62. The minimum absolute atomic E-state index is 0.223. The Balaban J connectivity index is 2.15. The number of aromatic amines is 1. The summed E-state index contributed by atoms with van der Waals surface area (Å²) in [6.45, 7) is 1.88. The van der Waals surface area contributed by atoms with Crippen LogP contribution in [0.15, 0.2) is 30.5 Å². The first-order valence-electron chi connectivity index (χ1n) is 4.73. The molecule has 1 aromatic heterocycles. The van der Waals surface area contributed by atoms with E-state index in [1.54, 1.807) is 18.2 Å². The second kappa shape index (κ2) is 4.37. The van der Waals surface area contributed by atoms with E-state index in [1.807, 2.05) is 13.0 Å². The zero-order valence-corrected chi connectivity index (χ0v) is 9.38. The lowest BCUT2D eigenvalue weighted by Crippen LogP contribution is -2.12. The average molecular weight is 236 g/mol. The number of amides is 1. The van der Waals surface area contributed by atoms with Gasteiger partial charge in [0.2, 0.25) is 0 Å². The van der Waals surface area contributed by atoms with Gasteiger partial charge in [0.1, 0.15) is 5.69 Å². The van der Waals surface area contributed by atoms with Crippen molar-refractivity contribution in [3.05, 3.63) is 46.7 Å². The molecule has 0 aliphatic heterocycles. The molecule has 2 N–H and O–H groups in total. The molecule has 2 rings (SSSR count). The van der Waals surface area contributed by atoms with Gasteiger partial charge in [-0.3, -0.25) is 9.89 Å². The molecular weight excluding hydrogens is 226 g/mol. The lowest BCUT2D eigenvalue weighted by atomic mass is 10.2. The lowest BCUT2D eigenvalue weighted by Gasteiger charge is -2.05. The maximum Gasteiger partial charge on any atom is 0.273 e. The molecular formula is C11H10ClN3O. The van der Waals surface area contributed by atoms with E-state index in [0.717, 1.165) is 5.56 Å². The highest BCUT2D eigenvalue weighted by Gasteiger charge is 2.07. The molecule has 0 unspecified atom stereocenters. The molecule has 0 saturated heterocycles. The van der Waals surface area contributed by atoms with Gasteiger partial charge in [-0.05, 0) is 36.8 Å². The van der Waals surface area contributed by atoms with Crippen LogP contribution in [-0.2, 0) is 0 Å². The van der Waals surface area contributed by atoms with Crippen molar-refractivity contribution in [2.24, 2.45) is 0 Å². The van der Waals surface area contributed by atoms with E-state index in [1.165, 1.54) is 6.20 Å². The summed E-state index contributed by atoms with van der Waals surface area (Å²) in [6.07, 6.45) is 1.53. The Morgan fingerprint density at radius 2 is 2.25 bits per heavy atom. The van der Waals surface area contributed by atoms with E-state index in [0.29, 0.717) is 16.4 Å². The molecule has 0 aliphatic carbocycles. The number of carbonyl (C=O) groups is 1. The van der Waals surface area contributed by atoms with Crippen LogP contribution < -0.4 is 5.32 Å². The fraction of sp³-hybridized carbons (Fsp3) is 0.0909. The highest BCUT2D eigenvalue weighted by Crippen LogP contribution is 2.19. The number of halogens is 1. The monoisotopic (exact) mass is 235 g/mol. The van der Waals surface area contributed by atoms with Crippen LogP contribution in [0, 0.1) is 6.92 Å². The fourth-order valence-electron chi connectivity index (χ4n) is 1.30. The van der Waals surface area contributed by atoms with E-state index < -0.39 is 0 Å². The van der Waals surface area contributed by atoms with E-state index in [4.69, 9.17) is 11.6 Å². The highest BCUT2D eigenvalue weighted by molar-refractivity contribution is 6.31. The number of carbonyl (C=O) groups excluding carboxylic acids is 1. The Labute approximate surface area is 97.6 Å². The molecule has 0 saturated carbocycles. The Kier molecular flexibility index (Phi) is 2.92. The molecule has 0 bridgehead atoms. The summed E-state index contributed by atoms with van der Waals surface area (Å²) < 4.78 is 0. The van der Waals surface area contributed by atoms with Crippen molar-refractivity contribution in [1.29, 1.82) is 0 Å². The van der Waals surface area contributed by atoms with Gasteiger partial charge in [-0.15, -0.1) is 0 Å². The van der Waals surface area contributed by atoms with Crippen LogP contribution in [0.3, 0.4) is 0 Å². The highest BCUT2D eigenvalue weighted by atomic mass is 35.5. The number of rotatable bonds is 2. The summed E-state index contributed by atoms with van der Waals surface area (Å²) in [7, 11) is 0. The van der Waals surface area contributed by atoms with Gasteiger partial charge in [0.25, 0.3) is 5.91 Å². The molecule has 5 heteroatoms. The summed E-state index contributed by atoms with van der Waals surface area (Å²) >= 11 is 5.89. The van der Waals surface area contributed by atoms with Crippen molar-refractivity contribution < 1.29 is 4.79 Å². The van der Waals surface area contributed by atoms with Crippen molar-refractivity contribution in [3.63, 3.8) is 0 Å². The van der Waals surface area contributed by atoms with Crippen LogP contribution in [0.5, 0.6) is 0 Å². The molecule has 16 heavy (non-hydrogen) atoms. The number of hydrogen-bond donors (Lipinski definition) is 2. The van der Waals surface area contributed by atoms with Gasteiger partial charge in [-0.25, -0.2) is 0 Å². The second-order valence-electron chi connectivity index (χ2n) is 3.39. The lowest BCUT2D eigenvalue weighted by molar-refractivity contribution is 0.102. The number of aryl methyl sites for hydroxylation is 1.